The Morgan fingerprint density at radius 3 is 2.62 bits per heavy atom. The second-order valence-corrected chi connectivity index (χ2v) is 4.39. The average Bonchev–Trinajstić information content (AvgIpc) is 2.96. The predicted octanol–water partition coefficient (Wildman–Crippen LogP) is 2.08. The van der Waals surface area contributed by atoms with Crippen molar-refractivity contribution in [2.45, 2.75) is 12.3 Å². The van der Waals surface area contributed by atoms with Crippen molar-refractivity contribution in [1.82, 2.24) is 0 Å². The summed E-state index contributed by atoms with van der Waals surface area (Å²) in [5.41, 5.74) is 1.31. The summed E-state index contributed by atoms with van der Waals surface area (Å²) in [4.78, 5) is 12.4. The first-order valence-corrected chi connectivity index (χ1v) is 5.20. The molecular formula is C12H14FNO2. The maximum Gasteiger partial charge on any atom is 0.307 e. The van der Waals surface area contributed by atoms with Crippen molar-refractivity contribution in [2.75, 3.05) is 19.0 Å². The highest BCUT2D eigenvalue weighted by molar-refractivity contribution is 5.75. The number of halogens is 1. The molecule has 0 unspecified atom stereocenters. The summed E-state index contributed by atoms with van der Waals surface area (Å²) < 4.78 is 13.6. The fourth-order valence-corrected chi connectivity index (χ4v) is 1.95. The standard InChI is InChI=1S/C12H14FNO2/c1-14(2)11-4-3-7(5-10(11)13)8-6-9(8)12(15)16/h3-5,8-9H,6H2,1-2H3,(H,15,16)/t8-,9+/m0/s1. The van der Waals surface area contributed by atoms with E-state index < -0.39 is 5.97 Å². The molecule has 3 nitrogen and oxygen atoms in total. The minimum absolute atomic E-state index is 0.0109. The first-order valence-electron chi connectivity index (χ1n) is 5.20. The second-order valence-electron chi connectivity index (χ2n) is 4.39. The van der Waals surface area contributed by atoms with E-state index in [2.05, 4.69) is 0 Å². The molecule has 16 heavy (non-hydrogen) atoms. The molecule has 0 amide bonds. The van der Waals surface area contributed by atoms with Crippen LogP contribution in [0.4, 0.5) is 10.1 Å². The highest BCUT2D eigenvalue weighted by Crippen LogP contribution is 2.48. The van der Waals surface area contributed by atoms with E-state index in [9.17, 15) is 9.18 Å². The van der Waals surface area contributed by atoms with E-state index in [4.69, 9.17) is 5.11 Å². The first kappa shape index (κ1) is 10.9. The molecule has 1 aliphatic carbocycles. The van der Waals surface area contributed by atoms with Crippen LogP contribution in [0, 0.1) is 11.7 Å². The van der Waals surface area contributed by atoms with Crippen LogP contribution in [0.3, 0.4) is 0 Å². The highest BCUT2D eigenvalue weighted by atomic mass is 19.1. The molecule has 86 valence electrons. The zero-order chi connectivity index (χ0) is 11.9. The van der Waals surface area contributed by atoms with E-state index in [1.54, 1.807) is 25.1 Å². The topological polar surface area (TPSA) is 40.5 Å². The number of benzene rings is 1. The Kier molecular flexibility index (Phi) is 2.58. The molecule has 1 aromatic rings. The van der Waals surface area contributed by atoms with Gasteiger partial charge in [0.2, 0.25) is 0 Å². The molecule has 2 atom stereocenters. The molecule has 0 saturated heterocycles. The van der Waals surface area contributed by atoms with Crippen LogP contribution in [0.1, 0.15) is 17.9 Å². The number of carboxylic acid groups (broad SMARTS) is 1. The summed E-state index contributed by atoms with van der Waals surface area (Å²) in [6.07, 6.45) is 0.621. The molecule has 0 radical (unpaired) electrons. The third-order valence-electron chi connectivity index (χ3n) is 2.99. The lowest BCUT2D eigenvalue weighted by Gasteiger charge is -2.14. The Morgan fingerprint density at radius 1 is 1.50 bits per heavy atom. The third-order valence-corrected chi connectivity index (χ3v) is 2.99. The van der Waals surface area contributed by atoms with Gasteiger partial charge in [0.1, 0.15) is 5.82 Å². The van der Waals surface area contributed by atoms with E-state index in [1.807, 2.05) is 6.07 Å². The summed E-state index contributed by atoms with van der Waals surface area (Å²) in [5, 5.41) is 8.80. The highest BCUT2D eigenvalue weighted by Gasteiger charge is 2.44. The van der Waals surface area contributed by atoms with Crippen molar-refractivity contribution in [3.8, 4) is 0 Å². The minimum atomic E-state index is -0.790. The molecule has 0 aromatic heterocycles. The van der Waals surface area contributed by atoms with Gasteiger partial charge in [-0.25, -0.2) is 4.39 Å². The van der Waals surface area contributed by atoms with Gasteiger partial charge in [-0.3, -0.25) is 4.79 Å². The molecule has 0 aliphatic heterocycles. The van der Waals surface area contributed by atoms with Crippen molar-refractivity contribution >= 4 is 11.7 Å². The van der Waals surface area contributed by atoms with Gasteiger partial charge >= 0.3 is 5.97 Å². The van der Waals surface area contributed by atoms with Crippen LogP contribution in [0.15, 0.2) is 18.2 Å². The zero-order valence-corrected chi connectivity index (χ0v) is 9.27. The van der Waals surface area contributed by atoms with Gasteiger partial charge < -0.3 is 10.0 Å². The number of rotatable bonds is 3. The Bertz CT molecular complexity index is 431. The lowest BCUT2D eigenvalue weighted by atomic mass is 10.1. The van der Waals surface area contributed by atoms with Crippen LogP contribution in [0.25, 0.3) is 0 Å². The quantitative estimate of drug-likeness (QED) is 0.852. The maximum absolute atomic E-state index is 13.6. The number of hydrogen-bond acceptors (Lipinski definition) is 2. The molecule has 1 aromatic carbocycles. The Labute approximate surface area is 93.5 Å². The lowest BCUT2D eigenvalue weighted by Crippen LogP contribution is -2.10. The summed E-state index contributed by atoms with van der Waals surface area (Å²) in [6, 6.07) is 4.96. The van der Waals surface area contributed by atoms with Crippen LogP contribution in [-0.4, -0.2) is 25.2 Å². The van der Waals surface area contributed by atoms with Crippen molar-refractivity contribution in [3.05, 3.63) is 29.6 Å². The predicted molar refractivity (Wildman–Crippen MR) is 59.2 cm³/mol. The van der Waals surface area contributed by atoms with Crippen LogP contribution >= 0.6 is 0 Å². The van der Waals surface area contributed by atoms with E-state index in [-0.39, 0.29) is 17.7 Å². The minimum Gasteiger partial charge on any atom is -0.481 e. The van der Waals surface area contributed by atoms with Crippen LogP contribution in [0.2, 0.25) is 0 Å². The molecule has 0 bridgehead atoms. The zero-order valence-electron chi connectivity index (χ0n) is 9.27. The van der Waals surface area contributed by atoms with Crippen LogP contribution in [-0.2, 0) is 4.79 Å². The van der Waals surface area contributed by atoms with E-state index in [0.717, 1.165) is 5.56 Å². The number of anilines is 1. The summed E-state index contributed by atoms with van der Waals surface area (Å²) in [6.45, 7) is 0. The molecule has 1 saturated carbocycles. The summed E-state index contributed by atoms with van der Waals surface area (Å²) in [5.74, 6) is -1.42. The monoisotopic (exact) mass is 223 g/mol. The van der Waals surface area contributed by atoms with Gasteiger partial charge in [0, 0.05) is 14.1 Å². The average molecular weight is 223 g/mol. The van der Waals surface area contributed by atoms with Gasteiger partial charge in [-0.2, -0.15) is 0 Å². The van der Waals surface area contributed by atoms with Crippen molar-refractivity contribution in [2.24, 2.45) is 5.92 Å². The molecule has 2 rings (SSSR count). The van der Waals surface area contributed by atoms with E-state index in [0.29, 0.717) is 12.1 Å². The molecule has 1 aliphatic rings. The van der Waals surface area contributed by atoms with Crippen molar-refractivity contribution in [1.29, 1.82) is 0 Å². The third kappa shape index (κ3) is 1.87. The Hall–Kier alpha value is -1.58. The number of nitrogens with zero attached hydrogens (tertiary/aromatic N) is 1. The molecule has 0 spiro atoms. The lowest BCUT2D eigenvalue weighted by molar-refractivity contribution is -0.138. The summed E-state index contributed by atoms with van der Waals surface area (Å²) in [7, 11) is 3.55. The van der Waals surface area contributed by atoms with Gasteiger partial charge in [-0.05, 0) is 30.0 Å². The van der Waals surface area contributed by atoms with Gasteiger partial charge in [-0.15, -0.1) is 0 Å². The van der Waals surface area contributed by atoms with E-state index in [1.165, 1.54) is 6.07 Å². The number of hydrogen-bond donors (Lipinski definition) is 1. The molecule has 0 heterocycles. The van der Waals surface area contributed by atoms with E-state index >= 15 is 0 Å². The molecule has 1 N–H and O–H groups in total. The number of carbonyl (C=O) groups is 1. The Balaban J connectivity index is 2.20. The fraction of sp³-hybridized carbons (Fsp3) is 0.417. The number of carboxylic acids is 1. The maximum atomic E-state index is 13.6. The van der Waals surface area contributed by atoms with Crippen molar-refractivity contribution in [3.63, 3.8) is 0 Å². The first-order chi connectivity index (χ1) is 7.50. The normalized spacial score (nSPS) is 22.9. The van der Waals surface area contributed by atoms with Crippen LogP contribution in [0.5, 0.6) is 0 Å². The molecule has 4 heteroatoms. The van der Waals surface area contributed by atoms with Gasteiger partial charge in [0.15, 0.2) is 0 Å². The fourth-order valence-electron chi connectivity index (χ4n) is 1.95. The SMILES string of the molecule is CN(C)c1ccc([C@@H]2C[C@H]2C(=O)O)cc1F. The number of aliphatic carboxylic acids is 1. The van der Waals surface area contributed by atoms with Gasteiger partial charge in [0.25, 0.3) is 0 Å². The largest absolute Gasteiger partial charge is 0.481 e. The summed E-state index contributed by atoms with van der Waals surface area (Å²) >= 11 is 0. The van der Waals surface area contributed by atoms with Gasteiger partial charge in [-0.1, -0.05) is 6.07 Å². The smallest absolute Gasteiger partial charge is 0.307 e. The molecular weight excluding hydrogens is 209 g/mol. The Morgan fingerprint density at radius 2 is 2.19 bits per heavy atom. The molecule has 1 fully saturated rings. The van der Waals surface area contributed by atoms with Crippen molar-refractivity contribution < 1.29 is 14.3 Å². The van der Waals surface area contributed by atoms with Crippen LogP contribution < -0.4 is 4.90 Å². The second kappa shape index (κ2) is 3.77. The van der Waals surface area contributed by atoms with Gasteiger partial charge in [0.05, 0.1) is 11.6 Å².